The van der Waals surface area contributed by atoms with Crippen molar-refractivity contribution in [3.63, 3.8) is 0 Å². The molecule has 0 amide bonds. The van der Waals surface area contributed by atoms with Gasteiger partial charge in [0.15, 0.2) is 0 Å². The summed E-state index contributed by atoms with van der Waals surface area (Å²) in [5.41, 5.74) is 0.911. The maximum absolute atomic E-state index is 11.7. The number of esters is 1. The molecule has 0 aromatic heterocycles. The summed E-state index contributed by atoms with van der Waals surface area (Å²) in [6, 6.07) is 7.17. The third kappa shape index (κ3) is 3.91. The highest BCUT2D eigenvalue weighted by atomic mass is 35.5. The number of halogens is 1. The van der Waals surface area contributed by atoms with Crippen LogP contribution in [0.4, 0.5) is 0 Å². The first kappa shape index (κ1) is 12.7. The Balaban J connectivity index is 1.83. The van der Waals surface area contributed by atoms with Gasteiger partial charge in [-0.3, -0.25) is 4.79 Å². The smallest absolute Gasteiger partial charge is 0.324 e. The fourth-order valence-corrected chi connectivity index (χ4v) is 2.73. The molecule has 3 nitrogen and oxygen atoms in total. The molecule has 0 bridgehead atoms. The molecular formula is C12H14ClNO2S. The first-order valence-electron chi connectivity index (χ1n) is 5.48. The SMILES string of the molecule is O=C(OCc1cccc(Cl)c1)C1CSCCN1. The van der Waals surface area contributed by atoms with Crippen LogP contribution < -0.4 is 5.32 Å². The van der Waals surface area contributed by atoms with E-state index in [1.165, 1.54) is 0 Å². The highest BCUT2D eigenvalue weighted by Gasteiger charge is 2.22. The Hall–Kier alpha value is -0.710. The minimum Gasteiger partial charge on any atom is -0.460 e. The summed E-state index contributed by atoms with van der Waals surface area (Å²) in [7, 11) is 0. The number of nitrogens with one attached hydrogen (secondary N) is 1. The van der Waals surface area contributed by atoms with E-state index < -0.39 is 0 Å². The molecule has 1 aromatic rings. The fourth-order valence-electron chi connectivity index (χ4n) is 1.60. The molecule has 1 saturated heterocycles. The van der Waals surface area contributed by atoms with Crippen LogP contribution in [0.5, 0.6) is 0 Å². The molecule has 1 aliphatic heterocycles. The molecule has 0 aliphatic carbocycles. The maximum atomic E-state index is 11.7. The number of carbonyl (C=O) groups excluding carboxylic acids is 1. The number of ether oxygens (including phenoxy) is 1. The van der Waals surface area contributed by atoms with Gasteiger partial charge in [0, 0.05) is 23.1 Å². The minimum atomic E-state index is -0.183. The second-order valence-electron chi connectivity index (χ2n) is 3.82. The van der Waals surface area contributed by atoms with Crippen LogP contribution in [0.25, 0.3) is 0 Å². The molecule has 5 heteroatoms. The van der Waals surface area contributed by atoms with Crippen LogP contribution in [0.15, 0.2) is 24.3 Å². The lowest BCUT2D eigenvalue weighted by Crippen LogP contribution is -2.44. The predicted molar refractivity (Wildman–Crippen MR) is 70.4 cm³/mol. The van der Waals surface area contributed by atoms with Gasteiger partial charge in [-0.25, -0.2) is 0 Å². The Morgan fingerprint density at radius 1 is 1.59 bits per heavy atom. The predicted octanol–water partition coefficient (Wildman–Crippen LogP) is 2.09. The van der Waals surface area contributed by atoms with E-state index in [0.29, 0.717) is 5.02 Å². The molecular weight excluding hydrogens is 258 g/mol. The van der Waals surface area contributed by atoms with Crippen LogP contribution >= 0.6 is 23.4 Å². The van der Waals surface area contributed by atoms with E-state index >= 15 is 0 Å². The van der Waals surface area contributed by atoms with Crippen molar-refractivity contribution in [2.24, 2.45) is 0 Å². The van der Waals surface area contributed by atoms with Gasteiger partial charge in [0.25, 0.3) is 0 Å². The Morgan fingerprint density at radius 3 is 3.18 bits per heavy atom. The van der Waals surface area contributed by atoms with Crippen molar-refractivity contribution in [1.82, 2.24) is 5.32 Å². The molecule has 1 aliphatic rings. The Kier molecular flexibility index (Phi) is 4.71. The first-order chi connectivity index (χ1) is 8.25. The maximum Gasteiger partial charge on any atom is 0.324 e. The van der Waals surface area contributed by atoms with Crippen LogP contribution in [0.1, 0.15) is 5.56 Å². The van der Waals surface area contributed by atoms with E-state index in [-0.39, 0.29) is 18.6 Å². The lowest BCUT2D eigenvalue weighted by Gasteiger charge is -2.21. The van der Waals surface area contributed by atoms with Crippen LogP contribution in [-0.4, -0.2) is 30.1 Å². The van der Waals surface area contributed by atoms with E-state index in [0.717, 1.165) is 23.6 Å². The van der Waals surface area contributed by atoms with E-state index in [4.69, 9.17) is 16.3 Å². The lowest BCUT2D eigenvalue weighted by molar-refractivity contribution is -0.146. The van der Waals surface area contributed by atoms with Gasteiger partial charge in [0.1, 0.15) is 12.6 Å². The van der Waals surface area contributed by atoms with E-state index in [1.54, 1.807) is 23.9 Å². The third-order valence-electron chi connectivity index (χ3n) is 2.48. The zero-order valence-corrected chi connectivity index (χ0v) is 10.9. The second kappa shape index (κ2) is 6.28. The number of thioether (sulfide) groups is 1. The summed E-state index contributed by atoms with van der Waals surface area (Å²) in [4.78, 5) is 11.7. The highest BCUT2D eigenvalue weighted by molar-refractivity contribution is 7.99. The summed E-state index contributed by atoms with van der Waals surface area (Å²) in [5, 5.41) is 3.80. The molecule has 2 rings (SSSR count). The molecule has 1 atom stereocenters. The van der Waals surface area contributed by atoms with Crippen LogP contribution in [-0.2, 0) is 16.1 Å². The van der Waals surface area contributed by atoms with Gasteiger partial charge in [-0.15, -0.1) is 0 Å². The van der Waals surface area contributed by atoms with Crippen molar-refractivity contribution >= 4 is 29.3 Å². The van der Waals surface area contributed by atoms with Gasteiger partial charge in [-0.2, -0.15) is 11.8 Å². The zero-order chi connectivity index (χ0) is 12.1. The second-order valence-corrected chi connectivity index (χ2v) is 5.41. The number of carbonyl (C=O) groups is 1. The summed E-state index contributed by atoms with van der Waals surface area (Å²) in [6.07, 6.45) is 0. The zero-order valence-electron chi connectivity index (χ0n) is 9.32. The largest absolute Gasteiger partial charge is 0.460 e. The van der Waals surface area contributed by atoms with Gasteiger partial charge >= 0.3 is 5.97 Å². The van der Waals surface area contributed by atoms with Crippen molar-refractivity contribution in [3.8, 4) is 0 Å². The summed E-state index contributed by atoms with van der Waals surface area (Å²) in [6.45, 7) is 1.14. The van der Waals surface area contributed by atoms with Crippen molar-refractivity contribution in [2.75, 3.05) is 18.1 Å². The van der Waals surface area contributed by atoms with Crippen molar-refractivity contribution in [2.45, 2.75) is 12.6 Å². The summed E-state index contributed by atoms with van der Waals surface area (Å²) < 4.78 is 5.25. The minimum absolute atomic E-state index is 0.173. The normalized spacial score (nSPS) is 19.9. The molecule has 92 valence electrons. The van der Waals surface area contributed by atoms with E-state index in [9.17, 15) is 4.79 Å². The van der Waals surface area contributed by atoms with E-state index in [1.807, 2.05) is 12.1 Å². The number of rotatable bonds is 3. The fraction of sp³-hybridized carbons (Fsp3) is 0.417. The quantitative estimate of drug-likeness (QED) is 0.855. The number of hydrogen-bond acceptors (Lipinski definition) is 4. The van der Waals surface area contributed by atoms with Gasteiger partial charge in [-0.05, 0) is 17.7 Å². The molecule has 0 spiro atoms. The van der Waals surface area contributed by atoms with Crippen molar-refractivity contribution < 1.29 is 9.53 Å². The monoisotopic (exact) mass is 271 g/mol. The molecule has 1 unspecified atom stereocenters. The highest BCUT2D eigenvalue weighted by Crippen LogP contribution is 2.13. The topological polar surface area (TPSA) is 38.3 Å². The van der Waals surface area contributed by atoms with Crippen LogP contribution in [0.3, 0.4) is 0 Å². The van der Waals surface area contributed by atoms with Crippen molar-refractivity contribution in [1.29, 1.82) is 0 Å². The van der Waals surface area contributed by atoms with Gasteiger partial charge in [0.05, 0.1) is 0 Å². The van der Waals surface area contributed by atoms with Gasteiger partial charge < -0.3 is 10.1 Å². The standard InChI is InChI=1S/C12H14ClNO2S/c13-10-3-1-2-9(6-10)7-16-12(15)11-8-17-5-4-14-11/h1-3,6,11,14H,4-5,7-8H2. The summed E-state index contributed by atoms with van der Waals surface area (Å²) >= 11 is 7.62. The Labute approximate surface area is 110 Å². The summed E-state index contributed by atoms with van der Waals surface area (Å²) in [5.74, 6) is 1.66. The lowest BCUT2D eigenvalue weighted by atomic mass is 10.2. The van der Waals surface area contributed by atoms with Crippen molar-refractivity contribution in [3.05, 3.63) is 34.9 Å². The van der Waals surface area contributed by atoms with Crippen LogP contribution in [0.2, 0.25) is 5.02 Å². The molecule has 1 N–H and O–H groups in total. The third-order valence-corrected chi connectivity index (χ3v) is 3.77. The Morgan fingerprint density at radius 2 is 2.47 bits per heavy atom. The molecule has 17 heavy (non-hydrogen) atoms. The van der Waals surface area contributed by atoms with Gasteiger partial charge in [-0.1, -0.05) is 23.7 Å². The first-order valence-corrected chi connectivity index (χ1v) is 7.01. The van der Waals surface area contributed by atoms with Crippen LogP contribution in [0, 0.1) is 0 Å². The average Bonchev–Trinajstić information content (AvgIpc) is 2.37. The molecule has 0 saturated carbocycles. The average molecular weight is 272 g/mol. The Bertz CT molecular complexity index is 394. The number of benzene rings is 1. The van der Waals surface area contributed by atoms with Gasteiger partial charge in [0.2, 0.25) is 0 Å². The van der Waals surface area contributed by atoms with E-state index in [2.05, 4.69) is 5.32 Å². The molecule has 1 fully saturated rings. The molecule has 1 heterocycles. The molecule has 0 radical (unpaired) electrons. The molecule has 1 aromatic carbocycles. The number of hydrogen-bond donors (Lipinski definition) is 1.